The van der Waals surface area contributed by atoms with Crippen molar-refractivity contribution < 1.29 is 32.0 Å². The SMILES string of the molecule is CCNC(=O)COc1ccc(NC(=O)c2cc(-c3ccccc3C(F)(F)F)nc3onc(C)c23)cc1. The third-order valence-corrected chi connectivity index (χ3v) is 5.23. The second-order valence-electron chi connectivity index (χ2n) is 7.77. The first-order valence-electron chi connectivity index (χ1n) is 10.9. The van der Waals surface area contributed by atoms with Gasteiger partial charge in [0.05, 0.1) is 27.9 Å². The number of pyridine rings is 1. The fraction of sp³-hybridized carbons (Fsp3) is 0.200. The quantitative estimate of drug-likeness (QED) is 0.372. The van der Waals surface area contributed by atoms with E-state index in [0.717, 1.165) is 6.07 Å². The van der Waals surface area contributed by atoms with E-state index in [1.807, 2.05) is 0 Å². The molecular weight excluding hydrogens is 477 g/mol. The molecule has 0 saturated carbocycles. The van der Waals surface area contributed by atoms with Crippen LogP contribution in [0, 0.1) is 6.92 Å². The van der Waals surface area contributed by atoms with Crippen LogP contribution in [0.1, 0.15) is 28.5 Å². The van der Waals surface area contributed by atoms with E-state index in [-0.39, 0.29) is 35.0 Å². The molecule has 0 atom stereocenters. The third kappa shape index (κ3) is 5.29. The Labute approximate surface area is 203 Å². The van der Waals surface area contributed by atoms with E-state index >= 15 is 0 Å². The average molecular weight is 498 g/mol. The molecule has 2 aromatic carbocycles. The number of alkyl halides is 3. The molecule has 4 rings (SSSR count). The van der Waals surface area contributed by atoms with Gasteiger partial charge in [-0.2, -0.15) is 13.2 Å². The minimum absolute atomic E-state index is 0.0544. The van der Waals surface area contributed by atoms with Crippen molar-refractivity contribution in [2.24, 2.45) is 0 Å². The summed E-state index contributed by atoms with van der Waals surface area (Å²) < 4.78 is 51.4. The van der Waals surface area contributed by atoms with Gasteiger partial charge in [-0.15, -0.1) is 0 Å². The summed E-state index contributed by atoms with van der Waals surface area (Å²) in [4.78, 5) is 28.9. The summed E-state index contributed by atoms with van der Waals surface area (Å²) in [6, 6.07) is 12.5. The number of halogens is 3. The van der Waals surface area contributed by atoms with Gasteiger partial charge in [-0.05, 0) is 50.2 Å². The highest BCUT2D eigenvalue weighted by molar-refractivity contribution is 6.13. The smallest absolute Gasteiger partial charge is 0.417 e. The molecule has 0 aliphatic heterocycles. The standard InChI is InChI=1S/C25H21F3N4O4/c1-3-29-21(33)13-35-16-10-8-15(9-11-16)30-23(34)18-12-20(31-24-22(18)14(2)32-36-24)17-6-4-5-7-19(17)25(26,27)28/h4-12H,3,13H2,1-2H3,(H,29,33)(H,30,34). The summed E-state index contributed by atoms with van der Waals surface area (Å²) in [5.41, 5.74) is -0.380. The lowest BCUT2D eigenvalue weighted by Crippen LogP contribution is -2.28. The normalized spacial score (nSPS) is 11.4. The van der Waals surface area contributed by atoms with Crippen molar-refractivity contribution in [3.63, 3.8) is 0 Å². The Morgan fingerprint density at radius 2 is 1.81 bits per heavy atom. The van der Waals surface area contributed by atoms with Crippen molar-refractivity contribution in [2.45, 2.75) is 20.0 Å². The fourth-order valence-corrected chi connectivity index (χ4v) is 3.60. The van der Waals surface area contributed by atoms with Crippen molar-refractivity contribution in [2.75, 3.05) is 18.5 Å². The van der Waals surface area contributed by atoms with Crippen LogP contribution < -0.4 is 15.4 Å². The minimum Gasteiger partial charge on any atom is -0.484 e. The number of fused-ring (bicyclic) bond motifs is 1. The number of amides is 2. The number of nitrogens with zero attached hydrogens (tertiary/aromatic N) is 2. The van der Waals surface area contributed by atoms with Gasteiger partial charge in [0.15, 0.2) is 6.61 Å². The number of nitrogens with one attached hydrogen (secondary N) is 2. The molecule has 11 heteroatoms. The number of aromatic nitrogens is 2. The zero-order valence-corrected chi connectivity index (χ0v) is 19.3. The number of ether oxygens (including phenoxy) is 1. The Balaban J connectivity index is 1.64. The Bertz CT molecular complexity index is 1420. The second-order valence-corrected chi connectivity index (χ2v) is 7.77. The summed E-state index contributed by atoms with van der Waals surface area (Å²) in [6.07, 6.45) is -4.62. The summed E-state index contributed by atoms with van der Waals surface area (Å²) in [7, 11) is 0. The molecule has 2 aromatic heterocycles. The van der Waals surface area contributed by atoms with Crippen LogP contribution in [0.15, 0.2) is 59.1 Å². The van der Waals surface area contributed by atoms with E-state index < -0.39 is 17.6 Å². The maximum absolute atomic E-state index is 13.6. The lowest BCUT2D eigenvalue weighted by molar-refractivity contribution is -0.137. The number of anilines is 1. The van der Waals surface area contributed by atoms with Crippen LogP contribution in [0.2, 0.25) is 0 Å². The number of likely N-dealkylation sites (N-methyl/N-ethyl adjacent to an activating group) is 1. The number of benzene rings is 2. The predicted molar refractivity (Wildman–Crippen MR) is 126 cm³/mol. The fourth-order valence-electron chi connectivity index (χ4n) is 3.60. The van der Waals surface area contributed by atoms with Crippen molar-refractivity contribution in [3.8, 4) is 17.0 Å². The van der Waals surface area contributed by atoms with E-state index in [4.69, 9.17) is 9.26 Å². The maximum Gasteiger partial charge on any atom is 0.417 e. The van der Waals surface area contributed by atoms with E-state index in [1.54, 1.807) is 38.1 Å². The van der Waals surface area contributed by atoms with Crippen LogP contribution in [-0.2, 0) is 11.0 Å². The van der Waals surface area contributed by atoms with Gasteiger partial charge in [0.2, 0.25) is 0 Å². The lowest BCUT2D eigenvalue weighted by Gasteiger charge is -2.13. The molecule has 0 bridgehead atoms. The summed E-state index contributed by atoms with van der Waals surface area (Å²) >= 11 is 0. The highest BCUT2D eigenvalue weighted by Crippen LogP contribution is 2.37. The number of rotatable bonds is 7. The molecule has 0 saturated heterocycles. The Kier molecular flexibility index (Phi) is 6.91. The van der Waals surface area contributed by atoms with E-state index in [1.165, 1.54) is 24.3 Å². The van der Waals surface area contributed by atoms with Crippen LogP contribution >= 0.6 is 0 Å². The molecule has 0 aliphatic rings. The molecule has 2 N–H and O–H groups in total. The third-order valence-electron chi connectivity index (χ3n) is 5.23. The zero-order valence-electron chi connectivity index (χ0n) is 19.3. The largest absolute Gasteiger partial charge is 0.484 e. The molecule has 0 spiro atoms. The van der Waals surface area contributed by atoms with Crippen molar-refractivity contribution in [1.29, 1.82) is 0 Å². The summed E-state index contributed by atoms with van der Waals surface area (Å²) in [6.45, 7) is 3.74. The van der Waals surface area contributed by atoms with E-state index in [0.29, 0.717) is 29.1 Å². The number of hydrogen-bond donors (Lipinski definition) is 2. The number of carbonyl (C=O) groups is 2. The van der Waals surface area contributed by atoms with E-state index in [2.05, 4.69) is 20.8 Å². The number of aryl methyl sites for hydroxylation is 1. The molecule has 8 nitrogen and oxygen atoms in total. The Hall–Kier alpha value is -4.41. The first-order chi connectivity index (χ1) is 17.2. The van der Waals surface area contributed by atoms with Crippen LogP contribution in [0.25, 0.3) is 22.4 Å². The van der Waals surface area contributed by atoms with Crippen LogP contribution in [-0.4, -0.2) is 35.1 Å². The Morgan fingerprint density at radius 1 is 1.08 bits per heavy atom. The van der Waals surface area contributed by atoms with Gasteiger partial charge in [0.1, 0.15) is 5.75 Å². The van der Waals surface area contributed by atoms with Gasteiger partial charge in [-0.3, -0.25) is 9.59 Å². The molecule has 2 heterocycles. The van der Waals surface area contributed by atoms with Crippen LogP contribution in [0.4, 0.5) is 18.9 Å². The van der Waals surface area contributed by atoms with Gasteiger partial charge in [-0.25, -0.2) is 4.98 Å². The maximum atomic E-state index is 13.6. The average Bonchev–Trinajstić information content (AvgIpc) is 3.23. The summed E-state index contributed by atoms with van der Waals surface area (Å²) in [5.74, 6) is -0.425. The molecular formula is C25H21F3N4O4. The zero-order chi connectivity index (χ0) is 25.9. The number of hydrogen-bond acceptors (Lipinski definition) is 6. The van der Waals surface area contributed by atoms with Crippen LogP contribution in [0.3, 0.4) is 0 Å². The molecule has 2 amide bonds. The van der Waals surface area contributed by atoms with Crippen LogP contribution in [0.5, 0.6) is 5.75 Å². The van der Waals surface area contributed by atoms with Gasteiger partial charge in [0, 0.05) is 17.8 Å². The van der Waals surface area contributed by atoms with Gasteiger partial charge >= 0.3 is 6.18 Å². The molecule has 0 fully saturated rings. The topological polar surface area (TPSA) is 106 Å². The molecule has 0 unspecified atom stereocenters. The van der Waals surface area contributed by atoms with Gasteiger partial charge < -0.3 is 19.9 Å². The summed E-state index contributed by atoms with van der Waals surface area (Å²) in [5, 5.41) is 9.44. The Morgan fingerprint density at radius 3 is 2.50 bits per heavy atom. The minimum atomic E-state index is -4.62. The van der Waals surface area contributed by atoms with Crippen molar-refractivity contribution in [1.82, 2.24) is 15.5 Å². The predicted octanol–water partition coefficient (Wildman–Crippen LogP) is 4.98. The lowest BCUT2D eigenvalue weighted by atomic mass is 10.0. The second kappa shape index (κ2) is 10.1. The monoisotopic (exact) mass is 498 g/mol. The van der Waals surface area contributed by atoms with Gasteiger partial charge in [-0.1, -0.05) is 23.4 Å². The molecule has 36 heavy (non-hydrogen) atoms. The first-order valence-corrected chi connectivity index (χ1v) is 10.9. The van der Waals surface area contributed by atoms with Gasteiger partial charge in [0.25, 0.3) is 17.5 Å². The van der Waals surface area contributed by atoms with Crippen molar-refractivity contribution in [3.05, 3.63) is 71.4 Å². The molecule has 0 aliphatic carbocycles. The highest BCUT2D eigenvalue weighted by Gasteiger charge is 2.34. The number of carbonyl (C=O) groups excluding carboxylic acids is 2. The first kappa shape index (κ1) is 24.7. The molecule has 186 valence electrons. The van der Waals surface area contributed by atoms with E-state index in [9.17, 15) is 22.8 Å². The van der Waals surface area contributed by atoms with Crippen molar-refractivity contribution >= 4 is 28.6 Å². The molecule has 4 aromatic rings. The molecule has 0 radical (unpaired) electrons. The highest BCUT2D eigenvalue weighted by atomic mass is 19.4.